The molecule has 0 bridgehead atoms. The summed E-state index contributed by atoms with van der Waals surface area (Å²) in [6.45, 7) is 1.90. The fourth-order valence-corrected chi connectivity index (χ4v) is 2.41. The molecule has 0 saturated carbocycles. The van der Waals surface area contributed by atoms with Gasteiger partial charge in [-0.05, 0) is 58.7 Å². The number of anilines is 3. The van der Waals surface area contributed by atoms with Crippen LogP contribution in [0.3, 0.4) is 0 Å². The van der Waals surface area contributed by atoms with Crippen molar-refractivity contribution in [3.05, 3.63) is 50.7 Å². The van der Waals surface area contributed by atoms with Crippen LogP contribution in [0.2, 0.25) is 0 Å². The lowest BCUT2D eigenvalue weighted by Crippen LogP contribution is -1.98. The number of nitrogens with two attached hydrogens (primary N) is 1. The molecule has 0 saturated heterocycles. The normalized spacial score (nSPS) is 10.4. The third-order valence-electron chi connectivity index (χ3n) is 2.55. The molecule has 2 aromatic carbocycles. The van der Waals surface area contributed by atoms with Gasteiger partial charge in [0, 0.05) is 10.2 Å². The third-order valence-corrected chi connectivity index (χ3v) is 3.65. The Morgan fingerprint density at radius 3 is 2.50 bits per heavy atom. The number of aryl methyl sites for hydroxylation is 1. The van der Waals surface area contributed by atoms with E-state index in [9.17, 15) is 4.39 Å². The molecule has 0 unspecified atom stereocenters. The second-order valence-electron chi connectivity index (χ2n) is 3.94. The largest absolute Gasteiger partial charge is 0.397 e. The second kappa shape index (κ2) is 5.28. The zero-order valence-corrected chi connectivity index (χ0v) is 12.8. The van der Waals surface area contributed by atoms with Gasteiger partial charge in [-0.15, -0.1) is 0 Å². The smallest absolute Gasteiger partial charge is 0.139 e. The molecular formula is C13H11Br2FN2. The lowest BCUT2D eigenvalue weighted by Gasteiger charge is -2.12. The first-order valence-electron chi connectivity index (χ1n) is 5.25. The molecule has 3 N–H and O–H groups in total. The summed E-state index contributed by atoms with van der Waals surface area (Å²) in [7, 11) is 0. The zero-order valence-electron chi connectivity index (χ0n) is 9.60. The average Bonchev–Trinajstić information content (AvgIpc) is 2.29. The van der Waals surface area contributed by atoms with E-state index in [1.807, 2.05) is 19.1 Å². The van der Waals surface area contributed by atoms with E-state index in [-0.39, 0.29) is 5.82 Å². The summed E-state index contributed by atoms with van der Waals surface area (Å²) in [6.07, 6.45) is 0. The first-order valence-corrected chi connectivity index (χ1v) is 6.83. The quantitative estimate of drug-likeness (QED) is 0.728. The van der Waals surface area contributed by atoms with Crippen LogP contribution in [0.25, 0.3) is 0 Å². The molecule has 2 nitrogen and oxygen atoms in total. The average molecular weight is 374 g/mol. The Balaban J connectivity index is 2.37. The molecule has 0 radical (unpaired) electrons. The van der Waals surface area contributed by atoms with Crippen LogP contribution in [0.5, 0.6) is 0 Å². The molecule has 0 amide bonds. The first-order chi connectivity index (χ1) is 8.47. The standard InChI is InChI=1S/C13H11Br2FN2/c1-7-4-9(15)10(16)6-13(7)18-12-3-2-8(14)5-11(12)17/h2-6,18H,17H2,1H3. The van der Waals surface area contributed by atoms with E-state index in [1.165, 1.54) is 6.07 Å². The van der Waals surface area contributed by atoms with Crippen LogP contribution in [-0.2, 0) is 0 Å². The number of hydrogen-bond acceptors (Lipinski definition) is 2. The molecule has 0 spiro atoms. The molecule has 0 aromatic heterocycles. The fourth-order valence-electron chi connectivity index (χ4n) is 1.57. The topological polar surface area (TPSA) is 38.0 Å². The molecule has 0 aliphatic heterocycles. The first kappa shape index (κ1) is 13.4. The molecule has 5 heteroatoms. The predicted molar refractivity (Wildman–Crippen MR) is 80.7 cm³/mol. The van der Waals surface area contributed by atoms with Crippen LogP contribution >= 0.6 is 31.9 Å². The summed E-state index contributed by atoms with van der Waals surface area (Å²) in [5, 5.41) is 3.13. The molecule has 0 heterocycles. The lowest BCUT2D eigenvalue weighted by atomic mass is 10.2. The highest BCUT2D eigenvalue weighted by Gasteiger charge is 2.07. The summed E-state index contributed by atoms with van der Waals surface area (Å²) in [4.78, 5) is 0. The maximum atomic E-state index is 13.5. The van der Waals surface area contributed by atoms with E-state index in [0.29, 0.717) is 15.8 Å². The van der Waals surface area contributed by atoms with Gasteiger partial charge in [0.2, 0.25) is 0 Å². The van der Waals surface area contributed by atoms with Gasteiger partial charge in [-0.25, -0.2) is 4.39 Å². The minimum atomic E-state index is -0.307. The van der Waals surface area contributed by atoms with Crippen molar-refractivity contribution in [1.82, 2.24) is 0 Å². The van der Waals surface area contributed by atoms with Gasteiger partial charge in [-0.1, -0.05) is 15.9 Å². The number of benzene rings is 2. The van der Waals surface area contributed by atoms with E-state index in [1.54, 1.807) is 12.1 Å². The van der Waals surface area contributed by atoms with Gasteiger partial charge in [-0.2, -0.15) is 0 Å². The SMILES string of the molecule is Cc1cc(Br)c(F)cc1Nc1ccc(Br)cc1N. The van der Waals surface area contributed by atoms with Gasteiger partial charge < -0.3 is 11.1 Å². The highest BCUT2D eigenvalue weighted by Crippen LogP contribution is 2.30. The highest BCUT2D eigenvalue weighted by molar-refractivity contribution is 9.10. The van der Waals surface area contributed by atoms with Crippen molar-refractivity contribution in [2.24, 2.45) is 0 Å². The van der Waals surface area contributed by atoms with Gasteiger partial charge in [-0.3, -0.25) is 0 Å². The maximum absolute atomic E-state index is 13.5. The van der Waals surface area contributed by atoms with E-state index >= 15 is 0 Å². The van der Waals surface area contributed by atoms with Crippen LogP contribution in [0, 0.1) is 12.7 Å². The number of rotatable bonds is 2. The molecule has 0 fully saturated rings. The Labute approximate surface area is 122 Å². The van der Waals surface area contributed by atoms with Crippen LogP contribution in [-0.4, -0.2) is 0 Å². The molecular weight excluding hydrogens is 363 g/mol. The van der Waals surface area contributed by atoms with Crippen molar-refractivity contribution in [3.8, 4) is 0 Å². The zero-order chi connectivity index (χ0) is 13.3. The Morgan fingerprint density at radius 1 is 1.11 bits per heavy atom. The molecule has 0 atom stereocenters. The van der Waals surface area contributed by atoms with Crippen LogP contribution in [0.1, 0.15) is 5.56 Å². The van der Waals surface area contributed by atoms with Gasteiger partial charge >= 0.3 is 0 Å². The van der Waals surface area contributed by atoms with Crippen molar-refractivity contribution >= 4 is 48.9 Å². The Bertz CT molecular complexity index is 600. The summed E-state index contributed by atoms with van der Waals surface area (Å²) in [6, 6.07) is 8.70. The number of halogens is 3. The van der Waals surface area contributed by atoms with E-state index < -0.39 is 0 Å². The van der Waals surface area contributed by atoms with Crippen LogP contribution in [0.15, 0.2) is 39.3 Å². The van der Waals surface area contributed by atoms with Gasteiger partial charge in [0.25, 0.3) is 0 Å². The Kier molecular flexibility index (Phi) is 3.92. The minimum absolute atomic E-state index is 0.307. The van der Waals surface area contributed by atoms with Crippen molar-refractivity contribution in [1.29, 1.82) is 0 Å². The Morgan fingerprint density at radius 2 is 1.83 bits per heavy atom. The molecule has 0 aliphatic rings. The predicted octanol–water partition coefficient (Wildman–Crippen LogP) is 4.98. The molecule has 2 rings (SSSR count). The monoisotopic (exact) mass is 372 g/mol. The van der Waals surface area contributed by atoms with Crippen molar-refractivity contribution in [2.45, 2.75) is 6.92 Å². The number of hydrogen-bond donors (Lipinski definition) is 2. The summed E-state index contributed by atoms with van der Waals surface area (Å²) < 4.78 is 14.9. The van der Waals surface area contributed by atoms with E-state index in [4.69, 9.17) is 5.73 Å². The lowest BCUT2D eigenvalue weighted by molar-refractivity contribution is 0.621. The summed E-state index contributed by atoms with van der Waals surface area (Å²) in [5.74, 6) is -0.307. The molecule has 2 aromatic rings. The van der Waals surface area contributed by atoms with Gasteiger partial charge in [0.05, 0.1) is 15.8 Å². The summed E-state index contributed by atoms with van der Waals surface area (Å²) >= 11 is 6.50. The van der Waals surface area contributed by atoms with Crippen molar-refractivity contribution < 1.29 is 4.39 Å². The minimum Gasteiger partial charge on any atom is -0.397 e. The maximum Gasteiger partial charge on any atom is 0.139 e. The second-order valence-corrected chi connectivity index (χ2v) is 5.71. The van der Waals surface area contributed by atoms with Crippen LogP contribution in [0.4, 0.5) is 21.5 Å². The third kappa shape index (κ3) is 2.84. The Hall–Kier alpha value is -1.07. The summed E-state index contributed by atoms with van der Waals surface area (Å²) in [5.41, 5.74) is 8.88. The van der Waals surface area contributed by atoms with Crippen LogP contribution < -0.4 is 11.1 Å². The van der Waals surface area contributed by atoms with Crippen molar-refractivity contribution in [2.75, 3.05) is 11.1 Å². The molecule has 18 heavy (non-hydrogen) atoms. The van der Waals surface area contributed by atoms with Gasteiger partial charge in [0.1, 0.15) is 5.82 Å². The fraction of sp³-hybridized carbons (Fsp3) is 0.0769. The highest BCUT2D eigenvalue weighted by atomic mass is 79.9. The number of nitrogen functional groups attached to an aromatic ring is 1. The molecule has 0 aliphatic carbocycles. The molecule has 94 valence electrons. The van der Waals surface area contributed by atoms with Gasteiger partial charge in [0.15, 0.2) is 0 Å². The van der Waals surface area contributed by atoms with E-state index in [2.05, 4.69) is 37.2 Å². The van der Waals surface area contributed by atoms with E-state index in [0.717, 1.165) is 15.7 Å². The van der Waals surface area contributed by atoms with Crippen molar-refractivity contribution in [3.63, 3.8) is 0 Å². The number of nitrogens with one attached hydrogen (secondary N) is 1.